The van der Waals surface area contributed by atoms with E-state index in [1.165, 1.54) is 36.1 Å². The molecule has 0 saturated carbocycles. The number of piperazine rings is 1. The third-order valence-electron chi connectivity index (χ3n) is 7.73. The molecule has 1 aromatic heterocycles. The molecule has 3 heterocycles. The van der Waals surface area contributed by atoms with Crippen molar-refractivity contribution in [2.45, 2.75) is 63.6 Å². The lowest BCUT2D eigenvalue weighted by Gasteiger charge is -2.41. The minimum atomic E-state index is -4.73. The number of alkyl halides is 3. The van der Waals surface area contributed by atoms with Gasteiger partial charge in [-0.25, -0.2) is 0 Å². The molecule has 0 spiro atoms. The quantitative estimate of drug-likeness (QED) is 0.517. The van der Waals surface area contributed by atoms with Gasteiger partial charge in [-0.3, -0.25) is 9.80 Å². The molecular weight excluding hydrogens is 465 g/mol. The SMILES string of the molecule is Cc1cc(CN2CC3CCC(C2)N3Cc2ccnnc2)ccc1-c1ccc(C(C)(O)C(F)(F)F)cc1. The average molecular weight is 497 g/mol. The number of benzene rings is 2. The number of fused-ring (bicyclic) bond motifs is 2. The maximum absolute atomic E-state index is 13.2. The molecule has 0 aliphatic carbocycles. The number of aromatic nitrogens is 2. The average Bonchev–Trinajstić information content (AvgIpc) is 3.06. The Morgan fingerprint density at radius 2 is 1.61 bits per heavy atom. The number of hydrogen-bond donors (Lipinski definition) is 1. The van der Waals surface area contributed by atoms with Gasteiger partial charge in [-0.2, -0.15) is 23.4 Å². The van der Waals surface area contributed by atoms with Crippen molar-refractivity contribution in [2.24, 2.45) is 0 Å². The lowest BCUT2D eigenvalue weighted by atomic mass is 9.92. The summed E-state index contributed by atoms with van der Waals surface area (Å²) in [6.45, 7) is 6.69. The molecule has 2 aliphatic rings. The maximum Gasteiger partial charge on any atom is 0.421 e. The van der Waals surface area contributed by atoms with Crippen molar-refractivity contribution in [1.82, 2.24) is 20.0 Å². The van der Waals surface area contributed by atoms with Crippen LogP contribution < -0.4 is 0 Å². The first-order valence-corrected chi connectivity index (χ1v) is 12.3. The lowest BCUT2D eigenvalue weighted by molar-refractivity contribution is -0.258. The predicted molar refractivity (Wildman–Crippen MR) is 132 cm³/mol. The molecule has 2 aromatic carbocycles. The van der Waals surface area contributed by atoms with Gasteiger partial charge >= 0.3 is 6.18 Å². The highest BCUT2D eigenvalue weighted by Gasteiger charge is 2.51. The van der Waals surface area contributed by atoms with E-state index in [2.05, 4.69) is 32.1 Å². The van der Waals surface area contributed by atoms with Gasteiger partial charge in [-0.15, -0.1) is 0 Å². The zero-order valence-corrected chi connectivity index (χ0v) is 20.5. The summed E-state index contributed by atoms with van der Waals surface area (Å²) in [5.41, 5.74) is 2.29. The minimum absolute atomic E-state index is 0.165. The molecule has 190 valence electrons. The number of aliphatic hydroxyl groups is 1. The van der Waals surface area contributed by atoms with Crippen LogP contribution in [0.2, 0.25) is 0 Å². The van der Waals surface area contributed by atoms with Crippen molar-refractivity contribution < 1.29 is 18.3 Å². The van der Waals surface area contributed by atoms with Crippen LogP contribution in [0.3, 0.4) is 0 Å². The Bertz CT molecular complexity index is 1180. The molecule has 3 aromatic rings. The van der Waals surface area contributed by atoms with Crippen LogP contribution in [0.25, 0.3) is 11.1 Å². The molecule has 3 unspecified atom stereocenters. The van der Waals surface area contributed by atoms with Crippen molar-refractivity contribution in [1.29, 1.82) is 0 Å². The van der Waals surface area contributed by atoms with Gasteiger partial charge in [0.25, 0.3) is 0 Å². The molecule has 8 heteroatoms. The molecular formula is C28H31F3N4O. The van der Waals surface area contributed by atoms with Crippen LogP contribution in [-0.2, 0) is 18.7 Å². The van der Waals surface area contributed by atoms with E-state index >= 15 is 0 Å². The normalized spacial score (nSPS) is 22.5. The molecule has 36 heavy (non-hydrogen) atoms. The minimum Gasteiger partial charge on any atom is -0.376 e. The zero-order chi connectivity index (χ0) is 25.5. The fraction of sp³-hybridized carbons (Fsp3) is 0.429. The molecule has 5 nitrogen and oxygen atoms in total. The van der Waals surface area contributed by atoms with E-state index in [4.69, 9.17) is 0 Å². The van der Waals surface area contributed by atoms with E-state index in [1.54, 1.807) is 18.3 Å². The first-order chi connectivity index (χ1) is 17.1. The van der Waals surface area contributed by atoms with Crippen LogP contribution >= 0.6 is 0 Å². The highest BCUT2D eigenvalue weighted by Crippen LogP contribution is 2.39. The summed E-state index contributed by atoms with van der Waals surface area (Å²) in [6, 6.07) is 15.5. The summed E-state index contributed by atoms with van der Waals surface area (Å²) in [5.74, 6) is 0. The van der Waals surface area contributed by atoms with Gasteiger partial charge in [0, 0.05) is 44.5 Å². The number of hydrogen-bond acceptors (Lipinski definition) is 5. The van der Waals surface area contributed by atoms with E-state index in [0.29, 0.717) is 12.1 Å². The van der Waals surface area contributed by atoms with Gasteiger partial charge in [0.05, 0.1) is 6.20 Å². The summed E-state index contributed by atoms with van der Waals surface area (Å²) in [5, 5.41) is 17.8. The van der Waals surface area contributed by atoms with Gasteiger partial charge in [0.1, 0.15) is 0 Å². The van der Waals surface area contributed by atoms with Crippen LogP contribution in [0.5, 0.6) is 0 Å². The topological polar surface area (TPSA) is 52.5 Å². The van der Waals surface area contributed by atoms with Crippen LogP contribution in [-0.4, -0.2) is 56.5 Å². The molecule has 0 amide bonds. The largest absolute Gasteiger partial charge is 0.421 e. The standard InChI is InChI=1S/C28H31F3N4O/c1-19-13-20(3-10-26(19)22-4-6-23(7-5-22)27(2,36)28(29,30)31)15-34-17-24-8-9-25(18-34)35(24)16-21-11-12-32-33-14-21/h3-7,10-14,24-25,36H,8-9,15-18H2,1-2H3. The first-order valence-electron chi connectivity index (χ1n) is 12.3. The number of nitrogens with zero attached hydrogens (tertiary/aromatic N) is 4. The second-order valence-corrected chi connectivity index (χ2v) is 10.3. The van der Waals surface area contributed by atoms with E-state index in [0.717, 1.165) is 49.8 Å². The number of rotatable bonds is 6. The van der Waals surface area contributed by atoms with Crippen molar-refractivity contribution >= 4 is 0 Å². The first kappa shape index (κ1) is 24.9. The molecule has 2 bridgehead atoms. The fourth-order valence-electron chi connectivity index (χ4n) is 5.63. The molecule has 0 radical (unpaired) electrons. The summed E-state index contributed by atoms with van der Waals surface area (Å²) in [4.78, 5) is 5.15. The maximum atomic E-state index is 13.2. The van der Waals surface area contributed by atoms with E-state index in [-0.39, 0.29) is 5.56 Å². The highest BCUT2D eigenvalue weighted by atomic mass is 19.4. The van der Waals surface area contributed by atoms with Gasteiger partial charge in [-0.1, -0.05) is 42.5 Å². The van der Waals surface area contributed by atoms with Gasteiger partial charge < -0.3 is 5.11 Å². The Hall–Kier alpha value is -2.81. The molecule has 2 aliphatic heterocycles. The van der Waals surface area contributed by atoms with Crippen molar-refractivity contribution in [3.8, 4) is 11.1 Å². The summed E-state index contributed by atoms with van der Waals surface area (Å²) in [6.07, 6.45) is 1.30. The van der Waals surface area contributed by atoms with Crippen LogP contribution in [0, 0.1) is 6.92 Å². The van der Waals surface area contributed by atoms with Crippen LogP contribution in [0.1, 0.15) is 42.0 Å². The lowest BCUT2D eigenvalue weighted by Crippen LogP contribution is -2.52. The monoisotopic (exact) mass is 496 g/mol. The van der Waals surface area contributed by atoms with Crippen LogP contribution in [0.4, 0.5) is 13.2 Å². The summed E-state index contributed by atoms with van der Waals surface area (Å²) >= 11 is 0. The number of halogens is 3. The second kappa shape index (κ2) is 9.57. The molecule has 5 rings (SSSR count). The van der Waals surface area contributed by atoms with Crippen molar-refractivity contribution in [3.05, 3.63) is 83.2 Å². The third-order valence-corrected chi connectivity index (χ3v) is 7.73. The Kier molecular flexibility index (Phi) is 6.61. The van der Waals surface area contributed by atoms with E-state index in [1.807, 2.05) is 25.3 Å². The van der Waals surface area contributed by atoms with Crippen LogP contribution in [0.15, 0.2) is 60.9 Å². The van der Waals surface area contributed by atoms with E-state index < -0.39 is 11.8 Å². The van der Waals surface area contributed by atoms with E-state index in [9.17, 15) is 18.3 Å². The summed E-state index contributed by atoms with van der Waals surface area (Å²) < 4.78 is 39.5. The number of aryl methyl sites for hydroxylation is 1. The molecule has 1 N–H and O–H groups in total. The Balaban J connectivity index is 1.24. The third kappa shape index (κ3) is 4.90. The van der Waals surface area contributed by atoms with Gasteiger partial charge in [0.15, 0.2) is 5.60 Å². The second-order valence-electron chi connectivity index (χ2n) is 10.3. The fourth-order valence-corrected chi connectivity index (χ4v) is 5.63. The molecule has 3 atom stereocenters. The predicted octanol–water partition coefficient (Wildman–Crippen LogP) is 5.07. The number of likely N-dealkylation sites (tertiary alicyclic amines) is 1. The van der Waals surface area contributed by atoms with Crippen molar-refractivity contribution in [2.75, 3.05) is 13.1 Å². The van der Waals surface area contributed by atoms with Gasteiger partial charge in [-0.05, 0) is 66.1 Å². The van der Waals surface area contributed by atoms with Crippen molar-refractivity contribution in [3.63, 3.8) is 0 Å². The smallest absolute Gasteiger partial charge is 0.376 e. The Morgan fingerprint density at radius 1 is 0.917 bits per heavy atom. The Morgan fingerprint density at radius 3 is 2.19 bits per heavy atom. The Labute approximate surface area is 209 Å². The van der Waals surface area contributed by atoms with Gasteiger partial charge in [0.2, 0.25) is 0 Å². The zero-order valence-electron chi connectivity index (χ0n) is 20.5. The summed E-state index contributed by atoms with van der Waals surface area (Å²) in [7, 11) is 0. The molecule has 2 fully saturated rings. The molecule has 2 saturated heterocycles. The highest BCUT2D eigenvalue weighted by molar-refractivity contribution is 5.68.